The Morgan fingerprint density at radius 1 is 1.21 bits per heavy atom. The maximum atomic E-state index is 12.6. The molecule has 0 fully saturated rings. The number of methoxy groups -OCH3 is 1. The molecule has 0 atom stereocenters. The number of pyridine rings is 1. The molecule has 158 valence electrons. The zero-order chi connectivity index (χ0) is 21.7. The number of amides is 1. The average molecular weight is 433 g/mol. The molecule has 2 aromatic rings. The number of aromatic nitrogens is 1. The summed E-state index contributed by atoms with van der Waals surface area (Å²) in [7, 11) is -2.59. The minimum Gasteiger partial charge on any atom is -0.406 e. The number of rotatable bonds is 8. The van der Waals surface area contributed by atoms with Crippen LogP contribution in [-0.2, 0) is 14.6 Å². The van der Waals surface area contributed by atoms with Gasteiger partial charge in [0.15, 0.2) is 5.69 Å². The van der Waals surface area contributed by atoms with Crippen LogP contribution in [0, 0.1) is 0 Å². The molecule has 0 saturated heterocycles. The summed E-state index contributed by atoms with van der Waals surface area (Å²) in [5, 5.41) is 2.57. The normalized spacial score (nSPS) is 11.9. The summed E-state index contributed by atoms with van der Waals surface area (Å²) in [5.74, 6) is -1.13. The summed E-state index contributed by atoms with van der Waals surface area (Å²) < 4.78 is 70.4. The van der Waals surface area contributed by atoms with Crippen molar-refractivity contribution in [1.82, 2.24) is 10.3 Å². The Morgan fingerprint density at radius 2 is 1.86 bits per heavy atom. The van der Waals surface area contributed by atoms with Gasteiger partial charge in [-0.1, -0.05) is 0 Å². The van der Waals surface area contributed by atoms with E-state index in [9.17, 15) is 26.4 Å². The molecule has 0 aliphatic carbocycles. The molecule has 0 saturated carbocycles. The van der Waals surface area contributed by atoms with E-state index >= 15 is 0 Å². The summed E-state index contributed by atoms with van der Waals surface area (Å²) in [6.45, 7) is 0.771. The maximum Gasteiger partial charge on any atom is 0.573 e. The Balaban J connectivity index is 2.19. The van der Waals surface area contributed by atoms with E-state index in [1.54, 1.807) is 0 Å². The van der Waals surface area contributed by atoms with E-state index in [0.717, 1.165) is 36.5 Å². The first-order valence-corrected chi connectivity index (χ1v) is 9.66. The van der Waals surface area contributed by atoms with E-state index in [2.05, 4.69) is 15.0 Å². The van der Waals surface area contributed by atoms with Gasteiger partial charge in [-0.3, -0.25) is 4.79 Å². The predicted molar refractivity (Wildman–Crippen MR) is 96.1 cm³/mol. The highest BCUT2D eigenvalue weighted by molar-refractivity contribution is 7.91. The molecule has 0 radical (unpaired) electrons. The highest BCUT2D eigenvalue weighted by atomic mass is 32.2. The van der Waals surface area contributed by atoms with Crippen molar-refractivity contribution < 1.29 is 35.9 Å². The second-order valence-corrected chi connectivity index (χ2v) is 7.68. The fourth-order valence-corrected chi connectivity index (χ4v) is 3.50. The smallest absolute Gasteiger partial charge is 0.406 e. The fraction of sp³-hybridized carbons (Fsp3) is 0.294. The van der Waals surface area contributed by atoms with Gasteiger partial charge in [0, 0.05) is 26.5 Å². The molecule has 2 rings (SSSR count). The number of nitrogens with zero attached hydrogens (tertiary/aromatic N) is 1. The Kier molecular flexibility index (Phi) is 7.03. The molecule has 12 heteroatoms. The molecule has 1 aromatic heterocycles. The van der Waals surface area contributed by atoms with Gasteiger partial charge in [0.25, 0.3) is 5.91 Å². The van der Waals surface area contributed by atoms with Crippen LogP contribution in [0.5, 0.6) is 5.75 Å². The summed E-state index contributed by atoms with van der Waals surface area (Å²) in [4.78, 5) is 15.3. The molecule has 3 N–H and O–H groups in total. The molecule has 8 nitrogen and oxygen atoms in total. The van der Waals surface area contributed by atoms with Gasteiger partial charge in [0.2, 0.25) is 9.84 Å². The SMILES string of the molecule is COCCCNC(=O)c1ncc(S(=O)(=O)c2ccc(OC(F)(F)F)cc2)cc1N. The highest BCUT2D eigenvalue weighted by Crippen LogP contribution is 2.27. The molecule has 29 heavy (non-hydrogen) atoms. The van der Waals surface area contributed by atoms with Crippen LogP contribution in [0.25, 0.3) is 0 Å². The number of ether oxygens (including phenoxy) is 2. The van der Waals surface area contributed by atoms with E-state index in [1.807, 2.05) is 0 Å². The topological polar surface area (TPSA) is 121 Å². The Labute approximate surface area is 164 Å². The molecular formula is C17H18F3N3O5S. The lowest BCUT2D eigenvalue weighted by molar-refractivity contribution is -0.274. The second kappa shape index (κ2) is 9.09. The number of benzene rings is 1. The molecule has 1 aromatic carbocycles. The molecule has 0 aliphatic heterocycles. The van der Waals surface area contributed by atoms with Crippen molar-refractivity contribution in [3.8, 4) is 5.75 Å². The number of alkyl halides is 3. The van der Waals surface area contributed by atoms with Crippen molar-refractivity contribution in [1.29, 1.82) is 0 Å². The van der Waals surface area contributed by atoms with Crippen LogP contribution in [0.4, 0.5) is 18.9 Å². The van der Waals surface area contributed by atoms with E-state index in [4.69, 9.17) is 10.5 Å². The summed E-state index contributed by atoms with van der Waals surface area (Å²) in [6, 6.07) is 4.73. The molecule has 1 amide bonds. The summed E-state index contributed by atoms with van der Waals surface area (Å²) in [5.41, 5.74) is 5.46. The van der Waals surface area contributed by atoms with Gasteiger partial charge >= 0.3 is 6.36 Å². The molecule has 0 unspecified atom stereocenters. The van der Waals surface area contributed by atoms with Gasteiger partial charge in [-0.25, -0.2) is 13.4 Å². The first kappa shape index (κ1) is 22.4. The standard InChI is InChI=1S/C17H18F3N3O5S/c1-27-8-2-7-22-16(24)15-14(21)9-13(10-23-15)29(25,26)12-5-3-11(4-6-12)28-17(18,19)20/h3-6,9-10H,2,7-8,21H2,1H3,(H,22,24). The number of nitrogens with one attached hydrogen (secondary N) is 1. The Bertz CT molecular complexity index is 963. The lowest BCUT2D eigenvalue weighted by Gasteiger charge is -2.11. The van der Waals surface area contributed by atoms with Crippen LogP contribution in [0.15, 0.2) is 46.3 Å². The third kappa shape index (κ3) is 6.06. The maximum absolute atomic E-state index is 12.6. The number of carbonyl (C=O) groups is 1. The number of hydrogen-bond acceptors (Lipinski definition) is 7. The zero-order valence-corrected chi connectivity index (χ0v) is 16.0. The molecule has 0 spiro atoms. The van der Waals surface area contributed by atoms with Crippen molar-refractivity contribution >= 4 is 21.4 Å². The van der Waals surface area contributed by atoms with Gasteiger partial charge in [0.05, 0.1) is 15.5 Å². The number of nitrogen functional groups attached to an aromatic ring is 1. The Morgan fingerprint density at radius 3 is 2.41 bits per heavy atom. The van der Waals surface area contributed by atoms with Gasteiger partial charge < -0.3 is 20.5 Å². The second-order valence-electron chi connectivity index (χ2n) is 5.73. The van der Waals surface area contributed by atoms with Crippen molar-refractivity contribution in [3.63, 3.8) is 0 Å². The van der Waals surface area contributed by atoms with Gasteiger partial charge in [-0.15, -0.1) is 13.2 Å². The van der Waals surface area contributed by atoms with Crippen LogP contribution in [0.1, 0.15) is 16.9 Å². The highest BCUT2D eigenvalue weighted by Gasteiger charge is 2.31. The number of anilines is 1. The molecular weight excluding hydrogens is 415 g/mol. The third-order valence-electron chi connectivity index (χ3n) is 3.60. The predicted octanol–water partition coefficient (Wildman–Crippen LogP) is 2.16. The first-order chi connectivity index (χ1) is 13.5. The number of hydrogen-bond donors (Lipinski definition) is 2. The van der Waals surface area contributed by atoms with E-state index in [0.29, 0.717) is 19.6 Å². The van der Waals surface area contributed by atoms with Crippen molar-refractivity contribution in [2.24, 2.45) is 0 Å². The fourth-order valence-electron chi connectivity index (χ4n) is 2.26. The van der Waals surface area contributed by atoms with E-state index in [-0.39, 0.29) is 21.2 Å². The van der Waals surface area contributed by atoms with Crippen molar-refractivity contribution in [2.45, 2.75) is 22.6 Å². The zero-order valence-electron chi connectivity index (χ0n) is 15.2. The van der Waals surface area contributed by atoms with Crippen LogP contribution < -0.4 is 15.8 Å². The number of halogens is 3. The minimum atomic E-state index is -4.89. The number of carbonyl (C=O) groups excluding carboxylic acids is 1. The minimum absolute atomic E-state index is 0.143. The van der Waals surface area contributed by atoms with Gasteiger partial charge in [0.1, 0.15) is 5.75 Å². The van der Waals surface area contributed by atoms with Crippen LogP contribution >= 0.6 is 0 Å². The van der Waals surface area contributed by atoms with Crippen LogP contribution in [0.2, 0.25) is 0 Å². The summed E-state index contributed by atoms with van der Waals surface area (Å²) in [6.07, 6.45) is -3.36. The van der Waals surface area contributed by atoms with Crippen LogP contribution in [-0.4, -0.2) is 45.9 Å². The van der Waals surface area contributed by atoms with Crippen molar-refractivity contribution in [2.75, 3.05) is 26.0 Å². The average Bonchev–Trinajstić information content (AvgIpc) is 2.64. The lowest BCUT2D eigenvalue weighted by Crippen LogP contribution is -2.27. The van der Waals surface area contributed by atoms with E-state index < -0.39 is 27.9 Å². The molecule has 0 aliphatic rings. The quantitative estimate of drug-likeness (QED) is 0.612. The molecule has 0 bridgehead atoms. The van der Waals surface area contributed by atoms with E-state index in [1.165, 1.54) is 7.11 Å². The summed E-state index contributed by atoms with van der Waals surface area (Å²) >= 11 is 0. The third-order valence-corrected chi connectivity index (χ3v) is 5.33. The largest absolute Gasteiger partial charge is 0.573 e. The van der Waals surface area contributed by atoms with Crippen LogP contribution in [0.3, 0.4) is 0 Å². The molecule has 1 heterocycles. The first-order valence-electron chi connectivity index (χ1n) is 8.18. The van der Waals surface area contributed by atoms with Crippen molar-refractivity contribution in [3.05, 3.63) is 42.2 Å². The number of sulfone groups is 1. The lowest BCUT2D eigenvalue weighted by atomic mass is 10.3. The monoisotopic (exact) mass is 433 g/mol. The van der Waals surface area contributed by atoms with Gasteiger partial charge in [-0.2, -0.15) is 0 Å². The number of nitrogens with two attached hydrogens (primary N) is 1. The Hall–Kier alpha value is -2.86. The van der Waals surface area contributed by atoms with Gasteiger partial charge in [-0.05, 0) is 36.8 Å².